The number of aliphatic hydroxyl groups is 1. The Hall–Kier alpha value is -2.19. The number of para-hydroxylation sites is 1. The number of rotatable bonds is 2. The molecule has 0 saturated carbocycles. The zero-order chi connectivity index (χ0) is 13.2. The molecule has 3 aromatic rings. The van der Waals surface area contributed by atoms with Gasteiger partial charge in [0.25, 0.3) is 0 Å². The fourth-order valence-electron chi connectivity index (χ4n) is 2.23. The highest BCUT2D eigenvalue weighted by Crippen LogP contribution is 2.23. The van der Waals surface area contributed by atoms with Crippen LogP contribution in [0.15, 0.2) is 54.6 Å². The molecular weight excluding hydrogens is 234 g/mol. The lowest BCUT2D eigenvalue weighted by Crippen LogP contribution is -1.91. The average molecular weight is 249 g/mol. The Labute approximate surface area is 112 Å². The highest BCUT2D eigenvalue weighted by molar-refractivity contribution is 5.81. The summed E-state index contributed by atoms with van der Waals surface area (Å²) >= 11 is 0. The number of aromatic nitrogens is 1. The Balaban J connectivity index is 2.13. The standard InChI is InChI=1S/C17H15NO/c1-12-6-7-14(10-15(12)11-19)17-9-8-13-4-2-3-5-16(13)18-17/h2-10,19H,11H2,1H3. The Morgan fingerprint density at radius 3 is 2.68 bits per heavy atom. The van der Waals surface area contributed by atoms with Crippen LogP contribution < -0.4 is 0 Å². The normalized spacial score (nSPS) is 10.8. The van der Waals surface area contributed by atoms with Crippen LogP contribution in [0, 0.1) is 6.92 Å². The van der Waals surface area contributed by atoms with Crippen molar-refractivity contribution in [2.45, 2.75) is 13.5 Å². The molecule has 0 atom stereocenters. The van der Waals surface area contributed by atoms with Crippen LogP contribution in [0.3, 0.4) is 0 Å². The van der Waals surface area contributed by atoms with Gasteiger partial charge in [-0.1, -0.05) is 36.4 Å². The van der Waals surface area contributed by atoms with Crippen molar-refractivity contribution < 1.29 is 5.11 Å². The first-order chi connectivity index (χ1) is 9.28. The van der Waals surface area contributed by atoms with Crippen molar-refractivity contribution in [3.8, 4) is 11.3 Å². The van der Waals surface area contributed by atoms with Crippen LogP contribution in [0.25, 0.3) is 22.2 Å². The Kier molecular flexibility index (Phi) is 3.02. The van der Waals surface area contributed by atoms with Crippen LogP contribution in [0.2, 0.25) is 0 Å². The summed E-state index contributed by atoms with van der Waals surface area (Å²) in [4.78, 5) is 4.67. The van der Waals surface area contributed by atoms with Crippen LogP contribution >= 0.6 is 0 Å². The molecule has 0 fully saturated rings. The maximum Gasteiger partial charge on any atom is 0.0709 e. The molecule has 2 heteroatoms. The minimum atomic E-state index is 0.0628. The molecule has 0 saturated heterocycles. The highest BCUT2D eigenvalue weighted by atomic mass is 16.3. The predicted molar refractivity (Wildman–Crippen MR) is 77.8 cm³/mol. The zero-order valence-corrected chi connectivity index (χ0v) is 10.8. The van der Waals surface area contributed by atoms with Crippen LogP contribution in [-0.4, -0.2) is 10.1 Å². The molecule has 94 valence electrons. The molecule has 0 bridgehead atoms. The number of nitrogens with zero attached hydrogens (tertiary/aromatic N) is 1. The summed E-state index contributed by atoms with van der Waals surface area (Å²) in [6.07, 6.45) is 0. The van der Waals surface area contributed by atoms with Gasteiger partial charge >= 0.3 is 0 Å². The number of aryl methyl sites for hydroxylation is 1. The number of benzene rings is 2. The van der Waals surface area contributed by atoms with Gasteiger partial charge in [0.05, 0.1) is 17.8 Å². The lowest BCUT2D eigenvalue weighted by Gasteiger charge is -2.07. The molecule has 0 spiro atoms. The van der Waals surface area contributed by atoms with Gasteiger partial charge in [-0.05, 0) is 36.2 Å². The van der Waals surface area contributed by atoms with Gasteiger partial charge in [0.1, 0.15) is 0 Å². The van der Waals surface area contributed by atoms with Crippen LogP contribution in [0.4, 0.5) is 0 Å². The topological polar surface area (TPSA) is 33.1 Å². The molecule has 1 aromatic heterocycles. The van der Waals surface area contributed by atoms with E-state index in [4.69, 9.17) is 0 Å². The van der Waals surface area contributed by atoms with E-state index in [9.17, 15) is 5.11 Å². The van der Waals surface area contributed by atoms with E-state index in [2.05, 4.69) is 17.1 Å². The summed E-state index contributed by atoms with van der Waals surface area (Å²) in [5.41, 5.74) is 5.03. The van der Waals surface area contributed by atoms with Gasteiger partial charge in [-0.2, -0.15) is 0 Å². The fourth-order valence-corrected chi connectivity index (χ4v) is 2.23. The van der Waals surface area contributed by atoms with E-state index in [0.717, 1.165) is 33.3 Å². The molecular formula is C17H15NO. The Morgan fingerprint density at radius 1 is 1.00 bits per heavy atom. The third-order valence-electron chi connectivity index (χ3n) is 3.41. The van der Waals surface area contributed by atoms with Gasteiger partial charge < -0.3 is 5.11 Å². The molecule has 1 heterocycles. The number of aliphatic hydroxyl groups excluding tert-OH is 1. The van der Waals surface area contributed by atoms with Crippen molar-refractivity contribution in [3.63, 3.8) is 0 Å². The van der Waals surface area contributed by atoms with Crippen molar-refractivity contribution in [1.29, 1.82) is 0 Å². The van der Waals surface area contributed by atoms with Crippen molar-refractivity contribution in [2.24, 2.45) is 0 Å². The maximum atomic E-state index is 9.34. The van der Waals surface area contributed by atoms with Crippen LogP contribution in [-0.2, 0) is 6.61 Å². The number of pyridine rings is 1. The number of fused-ring (bicyclic) bond motifs is 1. The summed E-state index contributed by atoms with van der Waals surface area (Å²) in [5.74, 6) is 0. The SMILES string of the molecule is Cc1ccc(-c2ccc3ccccc3n2)cc1CO. The largest absolute Gasteiger partial charge is 0.392 e. The molecule has 0 aliphatic heterocycles. The summed E-state index contributed by atoms with van der Waals surface area (Å²) in [5, 5.41) is 10.5. The molecule has 0 aliphatic rings. The lowest BCUT2D eigenvalue weighted by molar-refractivity contribution is 0.281. The van der Waals surface area contributed by atoms with Crippen molar-refractivity contribution in [1.82, 2.24) is 4.98 Å². The molecule has 1 N–H and O–H groups in total. The third kappa shape index (κ3) is 2.23. The van der Waals surface area contributed by atoms with E-state index in [1.807, 2.05) is 49.4 Å². The second-order valence-corrected chi connectivity index (χ2v) is 4.69. The maximum absolute atomic E-state index is 9.34. The van der Waals surface area contributed by atoms with Gasteiger partial charge in [0, 0.05) is 10.9 Å². The number of hydrogen-bond donors (Lipinski definition) is 1. The van der Waals surface area contributed by atoms with Crippen molar-refractivity contribution >= 4 is 10.9 Å². The first kappa shape index (κ1) is 11.9. The molecule has 0 amide bonds. The van der Waals surface area contributed by atoms with Crippen molar-refractivity contribution in [3.05, 3.63) is 65.7 Å². The molecule has 19 heavy (non-hydrogen) atoms. The highest BCUT2D eigenvalue weighted by Gasteiger charge is 2.04. The monoisotopic (exact) mass is 249 g/mol. The molecule has 0 aliphatic carbocycles. The van der Waals surface area contributed by atoms with Gasteiger partial charge in [-0.3, -0.25) is 0 Å². The second-order valence-electron chi connectivity index (χ2n) is 4.69. The molecule has 3 rings (SSSR count). The van der Waals surface area contributed by atoms with E-state index in [1.54, 1.807) is 0 Å². The smallest absolute Gasteiger partial charge is 0.0709 e. The molecule has 2 nitrogen and oxygen atoms in total. The summed E-state index contributed by atoms with van der Waals surface area (Å²) in [6, 6.07) is 18.3. The quantitative estimate of drug-likeness (QED) is 0.751. The summed E-state index contributed by atoms with van der Waals surface area (Å²) in [6.45, 7) is 2.07. The van der Waals surface area contributed by atoms with E-state index in [1.165, 1.54) is 0 Å². The number of hydrogen-bond acceptors (Lipinski definition) is 2. The minimum Gasteiger partial charge on any atom is -0.392 e. The Bertz CT molecular complexity index is 734. The predicted octanol–water partition coefficient (Wildman–Crippen LogP) is 3.70. The first-order valence-electron chi connectivity index (χ1n) is 6.34. The van der Waals surface area contributed by atoms with Crippen LogP contribution in [0.1, 0.15) is 11.1 Å². The third-order valence-corrected chi connectivity index (χ3v) is 3.41. The fraction of sp³-hybridized carbons (Fsp3) is 0.118. The van der Waals surface area contributed by atoms with Gasteiger partial charge in [0.15, 0.2) is 0 Å². The molecule has 0 unspecified atom stereocenters. The first-order valence-corrected chi connectivity index (χ1v) is 6.34. The zero-order valence-electron chi connectivity index (χ0n) is 10.8. The Morgan fingerprint density at radius 2 is 1.84 bits per heavy atom. The second kappa shape index (κ2) is 4.82. The van der Waals surface area contributed by atoms with E-state index < -0.39 is 0 Å². The van der Waals surface area contributed by atoms with Gasteiger partial charge in [-0.15, -0.1) is 0 Å². The molecule has 0 radical (unpaired) electrons. The van der Waals surface area contributed by atoms with Gasteiger partial charge in [0.2, 0.25) is 0 Å². The average Bonchev–Trinajstić information content (AvgIpc) is 2.47. The van der Waals surface area contributed by atoms with E-state index >= 15 is 0 Å². The summed E-state index contributed by atoms with van der Waals surface area (Å²) in [7, 11) is 0. The van der Waals surface area contributed by atoms with Crippen molar-refractivity contribution in [2.75, 3.05) is 0 Å². The lowest BCUT2D eigenvalue weighted by atomic mass is 10.0. The van der Waals surface area contributed by atoms with E-state index in [0.29, 0.717) is 0 Å². The molecule has 2 aromatic carbocycles. The van der Waals surface area contributed by atoms with Crippen LogP contribution in [0.5, 0.6) is 0 Å². The minimum absolute atomic E-state index is 0.0628. The summed E-state index contributed by atoms with van der Waals surface area (Å²) < 4.78 is 0. The van der Waals surface area contributed by atoms with E-state index in [-0.39, 0.29) is 6.61 Å². The van der Waals surface area contributed by atoms with Gasteiger partial charge in [-0.25, -0.2) is 4.98 Å².